The lowest BCUT2D eigenvalue weighted by molar-refractivity contribution is 0.295. The van der Waals surface area contributed by atoms with Gasteiger partial charge in [-0.1, -0.05) is 55.5 Å². The molecule has 0 heterocycles. The van der Waals surface area contributed by atoms with Crippen LogP contribution in [0.2, 0.25) is 0 Å². The maximum absolute atomic E-state index is 5.81. The molecule has 0 saturated carbocycles. The van der Waals surface area contributed by atoms with Gasteiger partial charge >= 0.3 is 0 Å². The van der Waals surface area contributed by atoms with E-state index in [0.717, 1.165) is 31.9 Å². The van der Waals surface area contributed by atoms with E-state index in [1.165, 1.54) is 5.56 Å². The Kier molecular flexibility index (Phi) is 6.12. The van der Waals surface area contributed by atoms with Crippen LogP contribution in [0.25, 0.3) is 0 Å². The lowest BCUT2D eigenvalue weighted by Gasteiger charge is -2.18. The van der Waals surface area contributed by atoms with Gasteiger partial charge in [0, 0.05) is 6.54 Å². The van der Waals surface area contributed by atoms with E-state index in [9.17, 15) is 0 Å². The van der Waals surface area contributed by atoms with Gasteiger partial charge < -0.3 is 10.1 Å². The third-order valence-electron chi connectivity index (χ3n) is 3.39. The monoisotopic (exact) mass is 269 g/mol. The molecule has 0 aromatic heterocycles. The predicted molar refractivity (Wildman–Crippen MR) is 84.3 cm³/mol. The molecule has 0 spiro atoms. The van der Waals surface area contributed by atoms with Crippen LogP contribution in [-0.2, 0) is 0 Å². The van der Waals surface area contributed by atoms with E-state index >= 15 is 0 Å². The molecule has 20 heavy (non-hydrogen) atoms. The molecule has 1 unspecified atom stereocenters. The average Bonchev–Trinajstić information content (AvgIpc) is 2.52. The van der Waals surface area contributed by atoms with Crippen LogP contribution in [0.3, 0.4) is 0 Å². The molecule has 2 aromatic carbocycles. The Hall–Kier alpha value is -1.80. The second-order valence-corrected chi connectivity index (χ2v) is 4.87. The summed E-state index contributed by atoms with van der Waals surface area (Å²) >= 11 is 0. The fourth-order valence-electron chi connectivity index (χ4n) is 2.27. The number of benzene rings is 2. The lowest BCUT2D eigenvalue weighted by atomic mass is 9.96. The summed E-state index contributed by atoms with van der Waals surface area (Å²) in [6.07, 6.45) is 1.02. The quantitative estimate of drug-likeness (QED) is 0.786. The average molecular weight is 269 g/mol. The van der Waals surface area contributed by atoms with Crippen LogP contribution in [0, 0.1) is 0 Å². The highest BCUT2D eigenvalue weighted by atomic mass is 16.5. The van der Waals surface area contributed by atoms with Gasteiger partial charge in [-0.3, -0.25) is 0 Å². The van der Waals surface area contributed by atoms with Gasteiger partial charge in [0.15, 0.2) is 0 Å². The van der Waals surface area contributed by atoms with Crippen LogP contribution in [-0.4, -0.2) is 19.7 Å². The maximum Gasteiger partial charge on any atom is 0.119 e. The standard InChI is InChI=1S/C18H23NO/c1-2-19-15-17(16-9-5-3-6-10-16)13-14-20-18-11-7-4-8-12-18/h3-12,17,19H,2,13-15H2,1H3. The van der Waals surface area contributed by atoms with E-state index in [4.69, 9.17) is 4.74 Å². The molecule has 106 valence electrons. The fraction of sp³-hybridized carbons (Fsp3) is 0.333. The van der Waals surface area contributed by atoms with Crippen molar-refractivity contribution in [2.75, 3.05) is 19.7 Å². The van der Waals surface area contributed by atoms with E-state index in [2.05, 4.69) is 42.6 Å². The molecule has 0 amide bonds. The molecule has 0 aliphatic heterocycles. The van der Waals surface area contributed by atoms with Gasteiger partial charge in [-0.25, -0.2) is 0 Å². The highest BCUT2D eigenvalue weighted by Crippen LogP contribution is 2.19. The Morgan fingerprint density at radius 2 is 1.60 bits per heavy atom. The zero-order chi connectivity index (χ0) is 14.0. The molecule has 2 rings (SSSR count). The van der Waals surface area contributed by atoms with Gasteiger partial charge in [0.1, 0.15) is 5.75 Å². The number of hydrogen-bond acceptors (Lipinski definition) is 2. The van der Waals surface area contributed by atoms with Crippen LogP contribution in [0.15, 0.2) is 60.7 Å². The lowest BCUT2D eigenvalue weighted by Crippen LogP contribution is -2.22. The molecule has 0 aliphatic rings. The van der Waals surface area contributed by atoms with Gasteiger partial charge in [0.25, 0.3) is 0 Å². The number of nitrogens with one attached hydrogen (secondary N) is 1. The second-order valence-electron chi connectivity index (χ2n) is 4.87. The zero-order valence-corrected chi connectivity index (χ0v) is 12.1. The molecule has 0 saturated heterocycles. The largest absolute Gasteiger partial charge is 0.494 e. The summed E-state index contributed by atoms with van der Waals surface area (Å²) in [7, 11) is 0. The summed E-state index contributed by atoms with van der Waals surface area (Å²) < 4.78 is 5.81. The molecule has 2 nitrogen and oxygen atoms in total. The Labute approximate surface area is 121 Å². The van der Waals surface area contributed by atoms with Crippen LogP contribution in [0.4, 0.5) is 0 Å². The van der Waals surface area contributed by atoms with Crippen molar-refractivity contribution in [1.29, 1.82) is 0 Å². The number of likely N-dealkylation sites (N-methyl/N-ethyl adjacent to an activating group) is 1. The molecular weight excluding hydrogens is 246 g/mol. The minimum absolute atomic E-state index is 0.500. The Morgan fingerprint density at radius 3 is 2.25 bits per heavy atom. The Balaban J connectivity index is 1.88. The van der Waals surface area contributed by atoms with Gasteiger partial charge in [0.05, 0.1) is 6.61 Å². The number of para-hydroxylation sites is 1. The first kappa shape index (κ1) is 14.6. The van der Waals surface area contributed by atoms with E-state index in [1.807, 2.05) is 30.3 Å². The minimum Gasteiger partial charge on any atom is -0.494 e. The molecule has 1 N–H and O–H groups in total. The second kappa shape index (κ2) is 8.39. The van der Waals surface area contributed by atoms with Gasteiger partial charge in [-0.05, 0) is 36.6 Å². The minimum atomic E-state index is 0.500. The van der Waals surface area contributed by atoms with Crippen LogP contribution in [0.5, 0.6) is 5.75 Å². The number of hydrogen-bond donors (Lipinski definition) is 1. The fourth-order valence-corrected chi connectivity index (χ4v) is 2.27. The van der Waals surface area contributed by atoms with Gasteiger partial charge in [0.2, 0.25) is 0 Å². The Bertz CT molecular complexity index is 469. The first-order valence-electron chi connectivity index (χ1n) is 7.33. The summed E-state index contributed by atoms with van der Waals surface area (Å²) in [5, 5.41) is 3.44. The molecule has 1 atom stereocenters. The topological polar surface area (TPSA) is 21.3 Å². The molecular formula is C18H23NO. The van der Waals surface area contributed by atoms with Crippen LogP contribution >= 0.6 is 0 Å². The van der Waals surface area contributed by atoms with Crippen molar-refractivity contribution in [1.82, 2.24) is 5.32 Å². The highest BCUT2D eigenvalue weighted by Gasteiger charge is 2.10. The molecule has 0 fully saturated rings. The maximum atomic E-state index is 5.81. The van der Waals surface area contributed by atoms with E-state index in [-0.39, 0.29) is 0 Å². The van der Waals surface area contributed by atoms with Crippen molar-refractivity contribution >= 4 is 0 Å². The third-order valence-corrected chi connectivity index (χ3v) is 3.39. The van der Waals surface area contributed by atoms with Crippen molar-refractivity contribution < 1.29 is 4.74 Å². The van der Waals surface area contributed by atoms with E-state index in [1.54, 1.807) is 0 Å². The van der Waals surface area contributed by atoms with Gasteiger partial charge in [-0.15, -0.1) is 0 Å². The summed E-state index contributed by atoms with van der Waals surface area (Å²) in [6, 6.07) is 20.7. The van der Waals surface area contributed by atoms with E-state index < -0.39 is 0 Å². The summed E-state index contributed by atoms with van der Waals surface area (Å²) in [4.78, 5) is 0. The van der Waals surface area contributed by atoms with Crippen molar-refractivity contribution in [3.05, 3.63) is 66.2 Å². The van der Waals surface area contributed by atoms with Crippen molar-refractivity contribution in [2.45, 2.75) is 19.3 Å². The molecule has 2 heteroatoms. The van der Waals surface area contributed by atoms with Gasteiger partial charge in [-0.2, -0.15) is 0 Å². The van der Waals surface area contributed by atoms with Crippen molar-refractivity contribution in [2.24, 2.45) is 0 Å². The Morgan fingerprint density at radius 1 is 0.950 bits per heavy atom. The first-order chi connectivity index (χ1) is 9.90. The molecule has 0 bridgehead atoms. The smallest absolute Gasteiger partial charge is 0.119 e. The van der Waals surface area contributed by atoms with Crippen molar-refractivity contribution in [3.8, 4) is 5.75 Å². The van der Waals surface area contributed by atoms with Crippen molar-refractivity contribution in [3.63, 3.8) is 0 Å². The number of rotatable bonds is 8. The predicted octanol–water partition coefficient (Wildman–Crippen LogP) is 3.85. The molecule has 0 aliphatic carbocycles. The zero-order valence-electron chi connectivity index (χ0n) is 12.1. The van der Waals surface area contributed by atoms with Crippen LogP contribution in [0.1, 0.15) is 24.8 Å². The summed E-state index contributed by atoms with van der Waals surface area (Å²) in [5.41, 5.74) is 1.38. The number of ether oxygens (including phenoxy) is 1. The summed E-state index contributed by atoms with van der Waals surface area (Å²) in [6.45, 7) is 4.89. The first-order valence-corrected chi connectivity index (χ1v) is 7.33. The third kappa shape index (κ3) is 4.71. The molecule has 0 radical (unpaired) electrons. The normalized spacial score (nSPS) is 12.1. The van der Waals surface area contributed by atoms with Crippen LogP contribution < -0.4 is 10.1 Å². The highest BCUT2D eigenvalue weighted by molar-refractivity contribution is 5.22. The summed E-state index contributed by atoms with van der Waals surface area (Å²) in [5.74, 6) is 1.45. The molecule has 2 aromatic rings. The SMILES string of the molecule is CCNCC(CCOc1ccccc1)c1ccccc1. The van der Waals surface area contributed by atoms with E-state index in [0.29, 0.717) is 5.92 Å².